The average Bonchev–Trinajstić information content (AvgIpc) is 2.44. The smallest absolute Gasteiger partial charge is 0.328 e. The van der Waals surface area contributed by atoms with E-state index < -0.39 is 30.7 Å². The maximum Gasteiger partial charge on any atom is 0.406 e. The molecule has 1 aliphatic rings. The number of carbonyl (C=O) groups excluding carboxylic acids is 1. The van der Waals surface area contributed by atoms with E-state index >= 15 is 0 Å². The van der Waals surface area contributed by atoms with Gasteiger partial charge < -0.3 is 4.90 Å². The second kappa shape index (κ2) is 5.83. The SMILES string of the molecule is C[C@@H]1[C@H](c2ccccc2)C[C@H](N=O)C(=O)N1CC(F)(F)F. The Hall–Kier alpha value is -1.92. The lowest BCUT2D eigenvalue weighted by molar-refractivity contribution is -0.170. The van der Waals surface area contributed by atoms with Gasteiger partial charge in [0.05, 0.1) is 0 Å². The fourth-order valence-electron chi connectivity index (χ4n) is 2.77. The number of benzene rings is 1. The summed E-state index contributed by atoms with van der Waals surface area (Å²) in [5.74, 6) is -1.18. The van der Waals surface area contributed by atoms with E-state index in [1.807, 2.05) is 0 Å². The highest BCUT2D eigenvalue weighted by molar-refractivity contribution is 5.83. The van der Waals surface area contributed by atoms with Gasteiger partial charge in [-0.1, -0.05) is 35.5 Å². The van der Waals surface area contributed by atoms with E-state index in [1.54, 1.807) is 37.3 Å². The monoisotopic (exact) mass is 300 g/mol. The highest BCUT2D eigenvalue weighted by Gasteiger charge is 2.45. The van der Waals surface area contributed by atoms with Crippen LogP contribution in [-0.4, -0.2) is 35.6 Å². The van der Waals surface area contributed by atoms with E-state index in [4.69, 9.17) is 0 Å². The van der Waals surface area contributed by atoms with Gasteiger partial charge in [0.15, 0.2) is 6.04 Å². The molecule has 0 unspecified atom stereocenters. The third-order valence-corrected chi connectivity index (χ3v) is 3.82. The maximum absolute atomic E-state index is 12.6. The standard InChI is InChI=1S/C14H15F3N2O2/c1-9-11(10-5-3-2-4-6-10)7-12(18-21)13(20)19(9)8-14(15,16)17/h2-6,9,11-12H,7-8H2,1H3/t9-,11-,12+/m1/s1. The Morgan fingerprint density at radius 1 is 1.29 bits per heavy atom. The summed E-state index contributed by atoms with van der Waals surface area (Å²) in [6.07, 6.45) is -4.36. The zero-order chi connectivity index (χ0) is 15.6. The molecule has 1 fully saturated rings. The van der Waals surface area contributed by atoms with Gasteiger partial charge in [-0.05, 0) is 18.9 Å². The van der Waals surface area contributed by atoms with Crippen molar-refractivity contribution >= 4 is 5.91 Å². The molecule has 2 rings (SSSR count). The summed E-state index contributed by atoms with van der Waals surface area (Å²) >= 11 is 0. The third-order valence-electron chi connectivity index (χ3n) is 3.82. The molecule has 0 aliphatic carbocycles. The number of piperidine rings is 1. The second-order valence-electron chi connectivity index (χ2n) is 5.20. The van der Waals surface area contributed by atoms with Crippen LogP contribution in [-0.2, 0) is 4.79 Å². The Labute approximate surface area is 119 Å². The number of alkyl halides is 3. The Balaban J connectivity index is 2.31. The zero-order valence-electron chi connectivity index (χ0n) is 11.4. The Kier molecular flexibility index (Phi) is 4.29. The van der Waals surface area contributed by atoms with Crippen molar-refractivity contribution < 1.29 is 18.0 Å². The molecule has 1 amide bonds. The Morgan fingerprint density at radius 3 is 2.43 bits per heavy atom. The van der Waals surface area contributed by atoms with Crippen molar-refractivity contribution in [3.8, 4) is 0 Å². The van der Waals surface area contributed by atoms with Gasteiger partial charge in [0, 0.05) is 12.0 Å². The highest BCUT2D eigenvalue weighted by atomic mass is 19.4. The molecule has 4 nitrogen and oxygen atoms in total. The van der Waals surface area contributed by atoms with E-state index in [0.29, 0.717) is 4.90 Å². The van der Waals surface area contributed by atoms with Gasteiger partial charge in [-0.3, -0.25) is 4.79 Å². The molecule has 0 N–H and O–H groups in total. The lowest BCUT2D eigenvalue weighted by atomic mass is 9.82. The van der Waals surface area contributed by atoms with Gasteiger partial charge in [-0.25, -0.2) is 0 Å². The normalized spacial score (nSPS) is 26.8. The van der Waals surface area contributed by atoms with Gasteiger partial charge in [-0.15, -0.1) is 4.91 Å². The summed E-state index contributed by atoms with van der Waals surface area (Å²) in [5.41, 5.74) is 0.804. The minimum atomic E-state index is -4.50. The minimum absolute atomic E-state index is 0.141. The molecule has 0 saturated carbocycles. The average molecular weight is 300 g/mol. The third kappa shape index (κ3) is 3.40. The van der Waals surface area contributed by atoms with E-state index in [-0.39, 0.29) is 12.3 Å². The summed E-state index contributed by atoms with van der Waals surface area (Å²) in [6, 6.07) is 7.01. The number of halogens is 3. The van der Waals surface area contributed by atoms with Crippen LogP contribution in [0, 0.1) is 4.91 Å². The van der Waals surface area contributed by atoms with E-state index in [9.17, 15) is 22.9 Å². The molecule has 1 aromatic rings. The summed E-state index contributed by atoms with van der Waals surface area (Å²) in [5, 5.41) is 2.71. The molecule has 1 saturated heterocycles. The largest absolute Gasteiger partial charge is 0.406 e. The number of likely N-dealkylation sites (tertiary alicyclic amines) is 1. The highest BCUT2D eigenvalue weighted by Crippen LogP contribution is 2.35. The van der Waals surface area contributed by atoms with Crippen molar-refractivity contribution in [2.45, 2.75) is 37.5 Å². The first-order valence-corrected chi connectivity index (χ1v) is 6.58. The van der Waals surface area contributed by atoms with Crippen molar-refractivity contribution in [1.29, 1.82) is 0 Å². The van der Waals surface area contributed by atoms with Gasteiger partial charge in [0.25, 0.3) is 5.91 Å². The Morgan fingerprint density at radius 2 is 1.90 bits per heavy atom. The van der Waals surface area contributed by atoms with Gasteiger partial charge in [-0.2, -0.15) is 13.2 Å². The molecule has 7 heteroatoms. The molecule has 0 aromatic heterocycles. The van der Waals surface area contributed by atoms with Crippen LogP contribution in [0.4, 0.5) is 13.2 Å². The number of hydrogen-bond acceptors (Lipinski definition) is 3. The molecule has 0 bridgehead atoms. The van der Waals surface area contributed by atoms with Crippen molar-refractivity contribution in [3.63, 3.8) is 0 Å². The first kappa shape index (κ1) is 15.5. The van der Waals surface area contributed by atoms with Crippen LogP contribution in [0.1, 0.15) is 24.8 Å². The Bertz CT molecular complexity index is 519. The van der Waals surface area contributed by atoms with Crippen LogP contribution in [0.25, 0.3) is 0 Å². The lowest BCUT2D eigenvalue weighted by Crippen LogP contribution is -2.54. The summed E-state index contributed by atoms with van der Waals surface area (Å²) in [7, 11) is 0. The van der Waals surface area contributed by atoms with Crippen LogP contribution in [0.5, 0.6) is 0 Å². The van der Waals surface area contributed by atoms with Crippen molar-refractivity contribution in [3.05, 3.63) is 40.8 Å². The minimum Gasteiger partial charge on any atom is -0.328 e. The maximum atomic E-state index is 12.6. The van der Waals surface area contributed by atoms with E-state index in [1.165, 1.54) is 0 Å². The van der Waals surface area contributed by atoms with Crippen LogP contribution in [0.3, 0.4) is 0 Å². The zero-order valence-corrected chi connectivity index (χ0v) is 11.4. The van der Waals surface area contributed by atoms with Crippen molar-refractivity contribution in [2.75, 3.05) is 6.54 Å². The number of rotatable bonds is 3. The molecule has 0 radical (unpaired) electrons. The molecule has 1 aliphatic heterocycles. The second-order valence-corrected chi connectivity index (χ2v) is 5.20. The van der Waals surface area contributed by atoms with Gasteiger partial charge in [0.2, 0.25) is 0 Å². The molecular formula is C14H15F3N2O2. The molecule has 1 aromatic carbocycles. The molecule has 114 valence electrons. The van der Waals surface area contributed by atoms with Crippen molar-refractivity contribution in [1.82, 2.24) is 4.90 Å². The van der Waals surface area contributed by atoms with Crippen LogP contribution >= 0.6 is 0 Å². The summed E-state index contributed by atoms with van der Waals surface area (Å²) in [4.78, 5) is 23.5. The molecule has 21 heavy (non-hydrogen) atoms. The number of carbonyl (C=O) groups is 1. The quantitative estimate of drug-likeness (QED) is 0.805. The van der Waals surface area contributed by atoms with Crippen LogP contribution in [0.2, 0.25) is 0 Å². The molecular weight excluding hydrogens is 285 g/mol. The number of nitrogens with zero attached hydrogens (tertiary/aromatic N) is 2. The fraction of sp³-hybridized carbons (Fsp3) is 0.500. The predicted molar refractivity (Wildman–Crippen MR) is 70.6 cm³/mol. The number of amides is 1. The summed E-state index contributed by atoms with van der Waals surface area (Å²) < 4.78 is 37.9. The lowest BCUT2D eigenvalue weighted by Gasteiger charge is -2.41. The van der Waals surface area contributed by atoms with Crippen LogP contribution in [0.15, 0.2) is 35.5 Å². The molecule has 1 heterocycles. The molecule has 0 spiro atoms. The van der Waals surface area contributed by atoms with Gasteiger partial charge >= 0.3 is 6.18 Å². The number of nitroso groups, excluding NO2 is 1. The summed E-state index contributed by atoms with van der Waals surface area (Å²) in [6.45, 7) is 0.213. The van der Waals surface area contributed by atoms with E-state index in [2.05, 4.69) is 5.18 Å². The topological polar surface area (TPSA) is 49.7 Å². The van der Waals surface area contributed by atoms with Gasteiger partial charge in [0.1, 0.15) is 6.54 Å². The number of hydrogen-bond donors (Lipinski definition) is 0. The molecule has 3 atom stereocenters. The predicted octanol–water partition coefficient (Wildman–Crippen LogP) is 3.09. The van der Waals surface area contributed by atoms with Crippen LogP contribution < -0.4 is 0 Å². The van der Waals surface area contributed by atoms with E-state index in [0.717, 1.165) is 5.56 Å². The van der Waals surface area contributed by atoms with Crippen molar-refractivity contribution in [2.24, 2.45) is 5.18 Å². The first-order chi connectivity index (χ1) is 9.83. The first-order valence-electron chi connectivity index (χ1n) is 6.58. The fourth-order valence-corrected chi connectivity index (χ4v) is 2.77.